The molecule has 0 aliphatic carbocycles. The highest BCUT2D eigenvalue weighted by Gasteiger charge is 2.29. The van der Waals surface area contributed by atoms with Crippen LogP contribution in [0.25, 0.3) is 10.9 Å². The van der Waals surface area contributed by atoms with Crippen LogP contribution in [0, 0.1) is 0 Å². The second-order valence-electron chi connectivity index (χ2n) is 13.4. The van der Waals surface area contributed by atoms with E-state index in [1.54, 1.807) is 6.07 Å². The number of alkyl halides is 3. The van der Waals surface area contributed by atoms with Crippen LogP contribution in [-0.4, -0.2) is 51.5 Å². The van der Waals surface area contributed by atoms with Crippen LogP contribution in [0.3, 0.4) is 0 Å². The molecule has 0 aliphatic rings. The highest BCUT2D eigenvalue weighted by Crippen LogP contribution is 2.26. The Morgan fingerprint density at radius 1 is 0.722 bits per heavy atom. The Bertz CT molecular complexity index is 1570. The van der Waals surface area contributed by atoms with Gasteiger partial charge in [0.15, 0.2) is 0 Å². The molecule has 3 aromatic rings. The van der Waals surface area contributed by atoms with Crippen molar-refractivity contribution in [2.24, 2.45) is 0 Å². The molecule has 2 aromatic carbocycles. The summed E-state index contributed by atoms with van der Waals surface area (Å²) in [6.07, 6.45) is 12.1. The van der Waals surface area contributed by atoms with Gasteiger partial charge >= 0.3 is 23.9 Å². The van der Waals surface area contributed by atoms with Gasteiger partial charge in [-0.1, -0.05) is 154 Å². The number of unbranched alkanes of at least 4 members (excludes halogenated alkanes) is 10. The van der Waals surface area contributed by atoms with Crippen molar-refractivity contribution in [1.82, 2.24) is 10.3 Å². The molecule has 0 spiro atoms. The van der Waals surface area contributed by atoms with Crippen molar-refractivity contribution in [3.05, 3.63) is 72.3 Å². The summed E-state index contributed by atoms with van der Waals surface area (Å²) in [5.74, 6) is -1.60. The van der Waals surface area contributed by atoms with Gasteiger partial charge in [-0.25, -0.2) is 14.6 Å². The van der Waals surface area contributed by atoms with E-state index >= 15 is 0 Å². The van der Waals surface area contributed by atoms with Gasteiger partial charge in [-0.15, -0.1) is 0 Å². The molecular weight excluding hydrogens is 753 g/mol. The lowest BCUT2D eigenvalue weighted by atomic mass is 10.0. The number of carbonyl (C=O) groups excluding carboxylic acids is 4. The summed E-state index contributed by atoms with van der Waals surface area (Å²) in [5, 5.41) is 6.25. The maximum atomic E-state index is 13.7. The number of benzene rings is 2. The lowest BCUT2D eigenvalue weighted by Gasteiger charge is -2.23. The van der Waals surface area contributed by atoms with Crippen LogP contribution in [0.1, 0.15) is 115 Å². The smallest absolute Gasteiger partial charge is 0.328 e. The van der Waals surface area contributed by atoms with Gasteiger partial charge in [-0.3, -0.25) is 14.9 Å². The molecule has 54 heavy (non-hydrogen) atoms. The number of rotatable bonds is 25. The minimum Gasteiger partial charge on any atom is -0.461 e. The van der Waals surface area contributed by atoms with Gasteiger partial charge in [0, 0.05) is 11.8 Å². The summed E-state index contributed by atoms with van der Waals surface area (Å²) in [4.78, 5) is 56.6. The average molecular weight is 807 g/mol. The van der Waals surface area contributed by atoms with Gasteiger partial charge < -0.3 is 19.5 Å². The van der Waals surface area contributed by atoms with Crippen molar-refractivity contribution in [3.8, 4) is 0 Å². The second-order valence-corrected chi connectivity index (χ2v) is 16.0. The molecule has 13 heteroatoms. The lowest BCUT2D eigenvalue weighted by Crippen LogP contribution is -2.45. The molecule has 0 saturated carbocycles. The quantitative estimate of drug-likeness (QED) is 0.0374. The Hall–Kier alpha value is -3.60. The molecule has 296 valence electrons. The average Bonchev–Trinajstić information content (AvgIpc) is 3.15. The van der Waals surface area contributed by atoms with E-state index < -0.39 is 46.5 Å². The van der Waals surface area contributed by atoms with Crippen LogP contribution in [0.4, 0.5) is 10.6 Å². The van der Waals surface area contributed by atoms with Gasteiger partial charge in [0.2, 0.25) is 3.79 Å². The molecule has 0 bridgehead atoms. The van der Waals surface area contributed by atoms with Gasteiger partial charge in [-0.2, -0.15) is 0 Å². The zero-order valence-corrected chi connectivity index (χ0v) is 33.4. The SMILES string of the molecule is CCCCCCCCCCCCC[C@@H](CC(=O)OCC(Cl)(Cl)Cl)OC(=O)[C@H](CCCC(=O)OCc1ccccc1)NC(=O)Nc1ccc2ccccc2n1. The fourth-order valence-corrected chi connectivity index (χ4v) is 6.01. The number of esters is 3. The predicted molar refractivity (Wildman–Crippen MR) is 215 cm³/mol. The highest BCUT2D eigenvalue weighted by molar-refractivity contribution is 6.67. The third-order valence-corrected chi connectivity index (χ3v) is 9.08. The number of nitrogens with zero attached hydrogens (tertiary/aromatic N) is 1. The van der Waals surface area contributed by atoms with Gasteiger partial charge in [0.05, 0.1) is 11.9 Å². The first-order valence-corrected chi connectivity index (χ1v) is 20.2. The Morgan fingerprint density at radius 2 is 1.37 bits per heavy atom. The minimum absolute atomic E-state index is 0.0116. The fraction of sp³-hybridized carbons (Fsp3) is 0.537. The van der Waals surface area contributed by atoms with Gasteiger partial charge in [0.25, 0.3) is 0 Å². The van der Waals surface area contributed by atoms with Crippen LogP contribution in [-0.2, 0) is 35.2 Å². The fourth-order valence-electron chi connectivity index (χ4n) is 5.85. The predicted octanol–water partition coefficient (Wildman–Crippen LogP) is 10.6. The van der Waals surface area contributed by atoms with E-state index in [1.807, 2.05) is 60.7 Å². The number of urea groups is 1. The van der Waals surface area contributed by atoms with E-state index in [1.165, 1.54) is 44.9 Å². The second kappa shape index (κ2) is 25.5. The zero-order valence-electron chi connectivity index (χ0n) is 31.2. The normalized spacial score (nSPS) is 12.4. The first-order valence-electron chi connectivity index (χ1n) is 19.1. The van der Waals surface area contributed by atoms with Crippen LogP contribution in [0.5, 0.6) is 0 Å². The third kappa shape index (κ3) is 19.6. The highest BCUT2D eigenvalue weighted by atomic mass is 35.6. The standard InChI is InChI=1S/C41H54Cl3N3O7/c1-2-3-4-5-6-7-8-9-10-11-15-22-33(28-38(49)53-30-41(42,43)44)54-39(50)35(24-18-25-37(48)52-29-31-19-13-12-14-20-31)46-40(51)47-36-27-26-32-21-16-17-23-34(32)45-36/h12-14,16-17,19-21,23,26-27,33,35H,2-11,15,18,22,24-25,28-30H2,1H3,(H2,45,46,47,51)/t33-,35-/m0/s1. The summed E-state index contributed by atoms with van der Waals surface area (Å²) in [5.41, 5.74) is 1.54. The Balaban J connectivity index is 1.61. The number of ether oxygens (including phenoxy) is 3. The van der Waals surface area contributed by atoms with Crippen molar-refractivity contribution >= 4 is 75.5 Å². The maximum Gasteiger partial charge on any atom is 0.328 e. The first kappa shape index (κ1) is 44.8. The van der Waals surface area contributed by atoms with Gasteiger partial charge in [0.1, 0.15) is 31.2 Å². The maximum absolute atomic E-state index is 13.7. The monoisotopic (exact) mass is 805 g/mol. The Morgan fingerprint density at radius 3 is 2.06 bits per heavy atom. The summed E-state index contributed by atoms with van der Waals surface area (Å²) in [6, 6.07) is 18.4. The number of halogens is 3. The number of anilines is 1. The molecular formula is C41H54Cl3N3O7. The van der Waals surface area contributed by atoms with Crippen molar-refractivity contribution in [1.29, 1.82) is 0 Å². The zero-order chi connectivity index (χ0) is 39.0. The molecule has 0 radical (unpaired) electrons. The number of para-hydroxylation sites is 1. The van der Waals surface area contributed by atoms with Crippen LogP contribution in [0.2, 0.25) is 0 Å². The van der Waals surface area contributed by atoms with Crippen LogP contribution < -0.4 is 10.6 Å². The number of nitrogens with one attached hydrogen (secondary N) is 2. The summed E-state index contributed by atoms with van der Waals surface area (Å²) in [7, 11) is 0. The third-order valence-electron chi connectivity index (χ3n) is 8.75. The summed E-state index contributed by atoms with van der Waals surface area (Å²) < 4.78 is 14.6. The van der Waals surface area contributed by atoms with Crippen LogP contribution >= 0.6 is 34.8 Å². The number of aromatic nitrogens is 1. The van der Waals surface area contributed by atoms with E-state index in [4.69, 9.17) is 49.0 Å². The topological polar surface area (TPSA) is 133 Å². The van der Waals surface area contributed by atoms with E-state index in [2.05, 4.69) is 22.5 Å². The van der Waals surface area contributed by atoms with E-state index in [-0.39, 0.29) is 38.1 Å². The first-order chi connectivity index (χ1) is 26.0. The van der Waals surface area contributed by atoms with E-state index in [0.717, 1.165) is 30.2 Å². The number of hydrogen-bond acceptors (Lipinski definition) is 8. The molecule has 2 atom stereocenters. The molecule has 0 fully saturated rings. The van der Waals surface area contributed by atoms with Crippen molar-refractivity contribution in [3.63, 3.8) is 0 Å². The van der Waals surface area contributed by atoms with Gasteiger partial charge in [-0.05, 0) is 49.4 Å². The number of pyridine rings is 1. The largest absolute Gasteiger partial charge is 0.461 e. The number of fused-ring (bicyclic) bond motifs is 1. The molecule has 0 aliphatic heterocycles. The van der Waals surface area contributed by atoms with Crippen molar-refractivity contribution < 1.29 is 33.4 Å². The molecule has 2 N–H and O–H groups in total. The summed E-state index contributed by atoms with van der Waals surface area (Å²) in [6.45, 7) is 1.89. The molecule has 1 aromatic heterocycles. The van der Waals surface area contributed by atoms with E-state index in [0.29, 0.717) is 18.4 Å². The number of carbonyl (C=O) groups is 4. The lowest BCUT2D eigenvalue weighted by molar-refractivity contribution is -0.157. The molecule has 1 heterocycles. The molecule has 10 nitrogen and oxygen atoms in total. The molecule has 3 rings (SSSR count). The minimum atomic E-state index is -1.79. The van der Waals surface area contributed by atoms with Crippen molar-refractivity contribution in [2.45, 2.75) is 132 Å². The Labute approximate surface area is 334 Å². The Kier molecular flexibility index (Phi) is 21.1. The van der Waals surface area contributed by atoms with Crippen molar-refractivity contribution in [2.75, 3.05) is 11.9 Å². The molecule has 0 unspecified atom stereocenters. The molecule has 2 amide bonds. The number of hydrogen-bond donors (Lipinski definition) is 2. The number of amides is 2. The summed E-state index contributed by atoms with van der Waals surface area (Å²) >= 11 is 17.3. The van der Waals surface area contributed by atoms with E-state index in [9.17, 15) is 19.2 Å². The van der Waals surface area contributed by atoms with Crippen LogP contribution in [0.15, 0.2) is 66.7 Å². The molecule has 0 saturated heterocycles.